The summed E-state index contributed by atoms with van der Waals surface area (Å²) < 4.78 is 19.4. The molecule has 0 bridgehead atoms. The first-order chi connectivity index (χ1) is 13.1. The number of carbonyl (C=O) groups is 3. The van der Waals surface area contributed by atoms with Gasteiger partial charge in [0.05, 0.1) is 0 Å². The summed E-state index contributed by atoms with van der Waals surface area (Å²) >= 11 is 5.99. The molecule has 0 spiro atoms. The molecule has 1 N–H and O–H groups in total. The fraction of sp³-hybridized carbons (Fsp3) is 0.316. The number of hydrogen-bond acceptors (Lipinski definition) is 4. The smallest absolute Gasteiger partial charge is 0.325 e. The van der Waals surface area contributed by atoms with Crippen LogP contribution in [0, 0.1) is 12.7 Å². The zero-order valence-corrected chi connectivity index (χ0v) is 16.3. The third kappa shape index (κ3) is 3.47. The van der Waals surface area contributed by atoms with Crippen molar-refractivity contribution in [3.8, 4) is 0 Å². The molecule has 7 nitrogen and oxygen atoms in total. The number of amides is 4. The van der Waals surface area contributed by atoms with Gasteiger partial charge in [-0.2, -0.15) is 0 Å². The molecule has 1 aromatic heterocycles. The Morgan fingerprint density at radius 1 is 1.32 bits per heavy atom. The molecule has 1 atom stereocenters. The second-order valence-electron chi connectivity index (χ2n) is 6.81. The molecule has 1 fully saturated rings. The van der Waals surface area contributed by atoms with E-state index in [2.05, 4.69) is 5.32 Å². The van der Waals surface area contributed by atoms with Crippen LogP contribution in [-0.4, -0.2) is 41.2 Å². The van der Waals surface area contributed by atoms with Gasteiger partial charge in [0.25, 0.3) is 5.91 Å². The van der Waals surface area contributed by atoms with Crippen molar-refractivity contribution in [3.63, 3.8) is 0 Å². The Morgan fingerprint density at radius 3 is 2.64 bits per heavy atom. The van der Waals surface area contributed by atoms with Crippen molar-refractivity contribution >= 4 is 29.4 Å². The lowest BCUT2D eigenvalue weighted by Crippen LogP contribution is -2.43. The van der Waals surface area contributed by atoms with Gasteiger partial charge >= 0.3 is 6.03 Å². The summed E-state index contributed by atoms with van der Waals surface area (Å²) in [6.45, 7) is 2.65. The van der Waals surface area contributed by atoms with Crippen LogP contribution in [0.3, 0.4) is 0 Å². The Morgan fingerprint density at radius 2 is 2.04 bits per heavy atom. The highest BCUT2D eigenvalue weighted by atomic mass is 35.5. The lowest BCUT2D eigenvalue weighted by atomic mass is 9.99. The summed E-state index contributed by atoms with van der Waals surface area (Å²) in [6, 6.07) is 6.81. The molecule has 1 aliphatic heterocycles. The Balaban J connectivity index is 1.73. The van der Waals surface area contributed by atoms with Gasteiger partial charge in [-0.25, -0.2) is 9.18 Å². The molecule has 0 saturated carbocycles. The Labute approximate surface area is 166 Å². The van der Waals surface area contributed by atoms with E-state index in [9.17, 15) is 18.8 Å². The number of nitrogens with zero attached hydrogens (tertiary/aromatic N) is 2. The summed E-state index contributed by atoms with van der Waals surface area (Å²) in [5, 5.41) is 2.75. The molecule has 1 aromatic carbocycles. The van der Waals surface area contributed by atoms with Crippen molar-refractivity contribution in [2.45, 2.75) is 25.9 Å². The predicted octanol–water partition coefficient (Wildman–Crippen LogP) is 2.81. The first-order valence-electron chi connectivity index (χ1n) is 8.51. The second-order valence-corrected chi connectivity index (χ2v) is 7.21. The van der Waals surface area contributed by atoms with Gasteiger partial charge in [0.15, 0.2) is 5.54 Å². The van der Waals surface area contributed by atoms with Crippen LogP contribution in [0.5, 0.6) is 0 Å². The highest BCUT2D eigenvalue weighted by Crippen LogP contribution is 2.30. The molecule has 1 saturated heterocycles. The number of aryl methyl sites for hydroxylation is 1. The van der Waals surface area contributed by atoms with Crippen LogP contribution in [0.1, 0.15) is 24.0 Å². The molecule has 4 amide bonds. The molecule has 28 heavy (non-hydrogen) atoms. The highest BCUT2D eigenvalue weighted by Gasteiger charge is 2.51. The average Bonchev–Trinajstić information content (AvgIpc) is 3.16. The van der Waals surface area contributed by atoms with E-state index in [1.807, 2.05) is 0 Å². The fourth-order valence-corrected chi connectivity index (χ4v) is 3.20. The van der Waals surface area contributed by atoms with E-state index in [1.54, 1.807) is 19.1 Å². The van der Waals surface area contributed by atoms with Gasteiger partial charge in [-0.15, -0.1) is 0 Å². The number of urea groups is 1. The fourth-order valence-electron chi connectivity index (χ4n) is 2.98. The zero-order chi connectivity index (χ0) is 20.6. The van der Waals surface area contributed by atoms with E-state index in [1.165, 1.54) is 37.1 Å². The predicted molar refractivity (Wildman–Crippen MR) is 98.9 cm³/mol. The Bertz CT molecular complexity index is 940. The van der Waals surface area contributed by atoms with Crippen molar-refractivity contribution in [1.29, 1.82) is 0 Å². The molecular weight excluding hydrogens is 389 g/mol. The third-order valence-electron chi connectivity index (χ3n) is 4.68. The lowest BCUT2D eigenvalue weighted by molar-refractivity contribution is -0.138. The topological polar surface area (TPSA) is 82.9 Å². The quantitative estimate of drug-likeness (QED) is 0.772. The first-order valence-corrected chi connectivity index (χ1v) is 8.89. The van der Waals surface area contributed by atoms with E-state index in [0.717, 1.165) is 4.90 Å². The van der Waals surface area contributed by atoms with Gasteiger partial charge < -0.3 is 14.6 Å². The van der Waals surface area contributed by atoms with Gasteiger partial charge in [0.1, 0.15) is 23.9 Å². The van der Waals surface area contributed by atoms with Gasteiger partial charge in [0.2, 0.25) is 5.91 Å². The number of carbonyl (C=O) groups excluding carboxylic acids is 3. The van der Waals surface area contributed by atoms with Crippen LogP contribution in [0.4, 0.5) is 9.18 Å². The van der Waals surface area contributed by atoms with Gasteiger partial charge in [-0.3, -0.25) is 14.5 Å². The van der Waals surface area contributed by atoms with Crippen LogP contribution in [0.25, 0.3) is 0 Å². The maximum absolute atomic E-state index is 13.9. The molecule has 0 aliphatic carbocycles. The van der Waals surface area contributed by atoms with E-state index >= 15 is 0 Å². The molecular formula is C19H19ClFN3O4. The largest absolute Gasteiger partial charge is 0.463 e. The van der Waals surface area contributed by atoms with E-state index < -0.39 is 35.7 Å². The van der Waals surface area contributed by atoms with E-state index in [4.69, 9.17) is 16.0 Å². The molecule has 2 heterocycles. The molecule has 9 heteroatoms. The third-order valence-corrected chi connectivity index (χ3v) is 5.04. The van der Waals surface area contributed by atoms with Crippen LogP contribution in [0.15, 0.2) is 34.7 Å². The zero-order valence-electron chi connectivity index (χ0n) is 15.6. The Hall–Kier alpha value is -2.87. The minimum absolute atomic E-state index is 0.0946. The van der Waals surface area contributed by atoms with E-state index in [-0.39, 0.29) is 22.9 Å². The highest BCUT2D eigenvalue weighted by molar-refractivity contribution is 6.31. The van der Waals surface area contributed by atoms with Crippen molar-refractivity contribution in [2.75, 3.05) is 13.6 Å². The normalized spacial score (nSPS) is 19.1. The average molecular weight is 408 g/mol. The number of benzene rings is 1. The summed E-state index contributed by atoms with van der Waals surface area (Å²) in [5.74, 6) is -0.804. The number of rotatable bonds is 5. The van der Waals surface area contributed by atoms with Crippen LogP contribution in [0.2, 0.25) is 5.02 Å². The molecule has 2 aromatic rings. The maximum atomic E-state index is 13.9. The van der Waals surface area contributed by atoms with Crippen LogP contribution in [-0.2, 0) is 21.7 Å². The van der Waals surface area contributed by atoms with Gasteiger partial charge in [-0.1, -0.05) is 17.7 Å². The number of likely N-dealkylation sites (N-methyl/N-ethyl adjacent to an activating group) is 1. The Kier molecular flexibility index (Phi) is 5.16. The minimum Gasteiger partial charge on any atom is -0.463 e. The van der Waals surface area contributed by atoms with Gasteiger partial charge in [-0.05, 0) is 38.1 Å². The number of hydrogen-bond donors (Lipinski definition) is 1. The number of halogens is 2. The monoisotopic (exact) mass is 407 g/mol. The summed E-state index contributed by atoms with van der Waals surface area (Å²) in [4.78, 5) is 39.7. The number of nitrogens with one attached hydrogen (secondary N) is 1. The molecule has 0 unspecified atom stereocenters. The summed E-state index contributed by atoms with van der Waals surface area (Å²) in [5.41, 5.74) is -1.23. The van der Waals surface area contributed by atoms with Crippen molar-refractivity contribution in [2.24, 2.45) is 0 Å². The lowest BCUT2D eigenvalue weighted by Gasteiger charge is -2.22. The van der Waals surface area contributed by atoms with Crippen molar-refractivity contribution < 1.29 is 23.2 Å². The SMILES string of the molecule is Cc1ccc([C@@]2(C)NC(=O)N(CC(=O)N(C)Cc3c(F)cccc3Cl)C2=O)o1. The standard InChI is InChI=1S/C19H19ClFN3O4/c1-11-7-8-15(28-11)19(2)17(26)24(18(27)22-19)10-16(25)23(3)9-12-13(20)5-4-6-14(12)21/h4-8H,9-10H2,1-3H3,(H,22,27)/t19-/m1/s1. The van der Waals surface area contributed by atoms with E-state index in [0.29, 0.717) is 5.76 Å². The van der Waals surface area contributed by atoms with Crippen molar-refractivity contribution in [3.05, 3.63) is 58.3 Å². The summed E-state index contributed by atoms with van der Waals surface area (Å²) in [6.07, 6.45) is 0. The van der Waals surface area contributed by atoms with Gasteiger partial charge in [0, 0.05) is 24.2 Å². The molecule has 3 rings (SSSR count). The second kappa shape index (κ2) is 7.27. The van der Waals surface area contributed by atoms with Crippen LogP contribution < -0.4 is 5.32 Å². The van der Waals surface area contributed by atoms with Crippen LogP contribution >= 0.6 is 11.6 Å². The minimum atomic E-state index is -1.39. The molecule has 148 valence electrons. The number of furan rings is 1. The van der Waals surface area contributed by atoms with Crippen molar-refractivity contribution in [1.82, 2.24) is 15.1 Å². The number of imide groups is 1. The first kappa shape index (κ1) is 19.9. The maximum Gasteiger partial charge on any atom is 0.325 e. The molecule has 1 aliphatic rings. The summed E-state index contributed by atoms with van der Waals surface area (Å²) in [7, 11) is 1.44. The molecule has 0 radical (unpaired) electrons.